The number of aromatic nitrogens is 1. The molecule has 5 heteroatoms. The molecule has 0 saturated heterocycles. The summed E-state index contributed by atoms with van der Waals surface area (Å²) in [5, 5.41) is 1.33. The average Bonchev–Trinajstić information content (AvgIpc) is 3.36. The van der Waals surface area contributed by atoms with Crippen LogP contribution in [-0.4, -0.2) is 54.6 Å². The molecule has 1 saturated carbocycles. The van der Waals surface area contributed by atoms with E-state index in [0.717, 1.165) is 50.6 Å². The molecule has 1 aliphatic carbocycles. The van der Waals surface area contributed by atoms with Crippen LogP contribution in [0.1, 0.15) is 62.8 Å². The zero-order chi connectivity index (χ0) is 28.8. The topological polar surface area (TPSA) is 39.3 Å². The predicted molar refractivity (Wildman–Crippen MR) is 165 cm³/mol. The molecule has 1 aromatic heterocycles. The Morgan fingerprint density at radius 1 is 1.08 bits per heavy atom. The largest absolute Gasteiger partial charge is 0.356 e. The molecule has 3 aromatic rings. The first-order chi connectivity index (χ1) is 18.9. The Bertz CT molecular complexity index is 1160. The van der Waals surface area contributed by atoms with Gasteiger partial charge in [0.05, 0.1) is 19.1 Å². The second-order valence-corrected chi connectivity index (χ2v) is 10.3. The van der Waals surface area contributed by atoms with Crippen molar-refractivity contribution >= 4 is 16.8 Å². The lowest BCUT2D eigenvalue weighted by molar-refractivity contribution is -0.141. The van der Waals surface area contributed by atoms with Crippen molar-refractivity contribution in [3.63, 3.8) is 0 Å². The maximum atomic E-state index is 13.6. The molecule has 1 aliphatic heterocycles. The summed E-state index contributed by atoms with van der Waals surface area (Å²) in [6.07, 6.45) is 10.4. The van der Waals surface area contributed by atoms with Gasteiger partial charge in [0.15, 0.2) is 0 Å². The van der Waals surface area contributed by atoms with Crippen molar-refractivity contribution in [3.05, 3.63) is 96.7 Å². The van der Waals surface area contributed by atoms with Gasteiger partial charge in [-0.25, -0.2) is 0 Å². The van der Waals surface area contributed by atoms with E-state index in [1.807, 2.05) is 31.2 Å². The quantitative estimate of drug-likeness (QED) is 0.347. The van der Waals surface area contributed by atoms with Crippen LogP contribution in [0.25, 0.3) is 10.9 Å². The van der Waals surface area contributed by atoms with Crippen molar-refractivity contribution in [2.75, 3.05) is 27.8 Å². The number of carbonyl (C=O) groups is 1. The molecule has 2 heterocycles. The van der Waals surface area contributed by atoms with Crippen LogP contribution in [0.15, 0.2) is 79.9 Å². The number of benzene rings is 2. The molecule has 0 atom stereocenters. The highest BCUT2D eigenvalue weighted by molar-refractivity contribution is 5.87. The maximum Gasteiger partial charge on any atom is 0.227 e. The summed E-state index contributed by atoms with van der Waals surface area (Å²) >= 11 is 0. The van der Waals surface area contributed by atoms with Gasteiger partial charge in [-0.2, -0.15) is 0 Å². The Kier molecular flexibility index (Phi) is 13.2. The first kappa shape index (κ1) is 32.0. The minimum Gasteiger partial charge on any atom is -0.356 e. The van der Waals surface area contributed by atoms with Crippen LogP contribution >= 0.6 is 0 Å². The van der Waals surface area contributed by atoms with Gasteiger partial charge in [-0.3, -0.25) is 9.18 Å². The molecule has 1 spiro atoms. The van der Waals surface area contributed by atoms with Gasteiger partial charge in [0.1, 0.15) is 0 Å². The summed E-state index contributed by atoms with van der Waals surface area (Å²) in [6.45, 7) is 11.6. The molecule has 39 heavy (non-hydrogen) atoms. The SMILES string of the molecule is C=CC.C=CCC.CF.CN(C)C1CCC2(CC1)c1[nH]c3ccccc3c1CCN2C(=O)Cc1ccccc1. The molecule has 2 aliphatic rings. The summed E-state index contributed by atoms with van der Waals surface area (Å²) in [5.74, 6) is 0.258. The molecule has 0 unspecified atom stereocenters. The molecule has 1 amide bonds. The summed E-state index contributed by atoms with van der Waals surface area (Å²) in [4.78, 5) is 21.9. The van der Waals surface area contributed by atoms with Crippen LogP contribution in [0.2, 0.25) is 0 Å². The van der Waals surface area contributed by atoms with E-state index in [1.165, 1.54) is 22.2 Å². The number of H-pyrrole nitrogens is 1. The van der Waals surface area contributed by atoms with E-state index in [0.29, 0.717) is 19.6 Å². The van der Waals surface area contributed by atoms with Crippen LogP contribution in [0.5, 0.6) is 0 Å². The number of amides is 1. The van der Waals surface area contributed by atoms with Crippen molar-refractivity contribution in [3.8, 4) is 0 Å². The number of fused-ring (bicyclic) bond motifs is 4. The summed E-state index contributed by atoms with van der Waals surface area (Å²) in [5.41, 5.74) is 4.83. The Hall–Kier alpha value is -3.18. The molecule has 0 bridgehead atoms. The van der Waals surface area contributed by atoms with E-state index in [-0.39, 0.29) is 11.4 Å². The molecule has 2 aromatic carbocycles. The van der Waals surface area contributed by atoms with Gasteiger partial charge in [0.25, 0.3) is 0 Å². The number of nitrogens with zero attached hydrogens (tertiary/aromatic N) is 2. The Morgan fingerprint density at radius 3 is 2.21 bits per heavy atom. The Morgan fingerprint density at radius 2 is 1.64 bits per heavy atom. The van der Waals surface area contributed by atoms with Crippen LogP contribution < -0.4 is 0 Å². The fourth-order valence-electron chi connectivity index (χ4n) is 5.78. The fourth-order valence-corrected chi connectivity index (χ4v) is 5.78. The number of carbonyl (C=O) groups excluding carboxylic acids is 1. The zero-order valence-electron chi connectivity index (χ0n) is 24.7. The lowest BCUT2D eigenvalue weighted by Gasteiger charge is -2.51. The van der Waals surface area contributed by atoms with Gasteiger partial charge in [-0.05, 0) is 76.7 Å². The minimum atomic E-state index is -0.203. The van der Waals surface area contributed by atoms with Gasteiger partial charge in [0.2, 0.25) is 5.91 Å². The third kappa shape index (κ3) is 7.69. The number of halogens is 1. The van der Waals surface area contributed by atoms with Crippen molar-refractivity contribution in [1.29, 1.82) is 0 Å². The minimum absolute atomic E-state index is 0.203. The predicted octanol–water partition coefficient (Wildman–Crippen LogP) is 7.86. The summed E-state index contributed by atoms with van der Waals surface area (Å²) < 4.78 is 9.50. The van der Waals surface area contributed by atoms with E-state index in [4.69, 9.17) is 0 Å². The van der Waals surface area contributed by atoms with E-state index in [2.05, 4.69) is 85.4 Å². The number of alkyl halides is 1. The Balaban J connectivity index is 0.000000526. The first-order valence-electron chi connectivity index (χ1n) is 14.1. The smallest absolute Gasteiger partial charge is 0.227 e. The lowest BCUT2D eigenvalue weighted by Crippen LogP contribution is -2.56. The van der Waals surface area contributed by atoms with Crippen molar-refractivity contribution < 1.29 is 9.18 Å². The molecule has 212 valence electrons. The number of hydrogen-bond donors (Lipinski definition) is 1. The molecule has 1 fully saturated rings. The number of rotatable bonds is 4. The molecule has 0 radical (unpaired) electrons. The zero-order valence-corrected chi connectivity index (χ0v) is 24.7. The summed E-state index contributed by atoms with van der Waals surface area (Å²) in [6, 6.07) is 19.4. The van der Waals surface area contributed by atoms with Crippen LogP contribution in [0.4, 0.5) is 4.39 Å². The maximum absolute atomic E-state index is 13.6. The van der Waals surface area contributed by atoms with Gasteiger partial charge in [-0.1, -0.05) is 67.6 Å². The van der Waals surface area contributed by atoms with Gasteiger partial charge in [0, 0.05) is 29.2 Å². The highest BCUT2D eigenvalue weighted by atomic mass is 19.1. The van der Waals surface area contributed by atoms with Crippen molar-refractivity contribution in [2.45, 2.75) is 70.4 Å². The van der Waals surface area contributed by atoms with Crippen LogP contribution in [-0.2, 0) is 23.2 Å². The molecule has 1 N–H and O–H groups in total. The second kappa shape index (κ2) is 16.0. The van der Waals surface area contributed by atoms with Gasteiger partial charge < -0.3 is 14.8 Å². The van der Waals surface area contributed by atoms with E-state index in [1.54, 1.807) is 6.08 Å². The molecule has 4 nitrogen and oxygen atoms in total. The monoisotopic (exact) mass is 533 g/mol. The molecular weight excluding hydrogens is 485 g/mol. The number of hydrogen-bond acceptors (Lipinski definition) is 2. The van der Waals surface area contributed by atoms with Crippen LogP contribution in [0.3, 0.4) is 0 Å². The standard InChI is InChI=1S/C26H31N3O.C4H8.C3H6.CH3F/c1-28(2)20-12-15-26(16-13-20)25-22(21-10-6-7-11-23(21)27-25)14-17-29(26)24(30)18-19-8-4-3-5-9-19;1-3-4-2;1-3-2;1-2/h3-11,20,27H,12-18H2,1-2H3;3H,1,4H2,2H3;3H,1H2,2H3;1H3. The Labute approximate surface area is 235 Å². The number of aromatic amines is 1. The fraction of sp³-hybridized carbons (Fsp3) is 0.441. The normalized spacial score (nSPS) is 19.5. The van der Waals surface area contributed by atoms with Gasteiger partial charge in [-0.15, -0.1) is 13.2 Å². The van der Waals surface area contributed by atoms with Crippen molar-refractivity contribution in [1.82, 2.24) is 14.8 Å². The van der Waals surface area contributed by atoms with Gasteiger partial charge >= 0.3 is 0 Å². The summed E-state index contributed by atoms with van der Waals surface area (Å²) in [7, 11) is 4.85. The first-order valence-corrected chi connectivity index (χ1v) is 14.1. The lowest BCUT2D eigenvalue weighted by atomic mass is 9.72. The number of nitrogens with one attached hydrogen (secondary N) is 1. The van der Waals surface area contributed by atoms with E-state index < -0.39 is 0 Å². The number of para-hydroxylation sites is 1. The van der Waals surface area contributed by atoms with Crippen molar-refractivity contribution in [2.24, 2.45) is 0 Å². The van der Waals surface area contributed by atoms with E-state index >= 15 is 0 Å². The highest BCUT2D eigenvalue weighted by Gasteiger charge is 2.48. The van der Waals surface area contributed by atoms with E-state index in [9.17, 15) is 9.18 Å². The average molecular weight is 534 g/mol. The second-order valence-electron chi connectivity index (χ2n) is 10.3. The highest BCUT2D eigenvalue weighted by Crippen LogP contribution is 2.48. The third-order valence-electron chi connectivity index (χ3n) is 7.68. The number of allylic oxidation sites excluding steroid dienone is 2. The molecular formula is C34H48FN3O. The third-order valence-corrected chi connectivity index (χ3v) is 7.68. The molecule has 5 rings (SSSR count). The van der Waals surface area contributed by atoms with Crippen LogP contribution in [0, 0.1) is 0 Å².